The second-order valence-electron chi connectivity index (χ2n) is 4.01. The van der Waals surface area contributed by atoms with Crippen molar-refractivity contribution in [3.05, 3.63) is 57.0 Å². The Bertz CT molecular complexity index is 577. The molecular formula is C14H12Br2N2O. The Morgan fingerprint density at radius 1 is 0.947 bits per heavy atom. The van der Waals surface area contributed by atoms with Gasteiger partial charge in [-0.05, 0) is 36.8 Å². The van der Waals surface area contributed by atoms with Crippen LogP contribution in [0.4, 0.5) is 16.2 Å². The first kappa shape index (κ1) is 14.1. The van der Waals surface area contributed by atoms with Gasteiger partial charge >= 0.3 is 6.03 Å². The number of hydrogen-bond donors (Lipinski definition) is 2. The topological polar surface area (TPSA) is 41.1 Å². The first-order valence-electron chi connectivity index (χ1n) is 5.65. The van der Waals surface area contributed by atoms with E-state index in [-0.39, 0.29) is 6.03 Å². The third-order valence-corrected chi connectivity index (χ3v) is 4.22. The van der Waals surface area contributed by atoms with Crippen LogP contribution in [0.2, 0.25) is 0 Å². The third kappa shape index (κ3) is 3.81. The highest BCUT2D eigenvalue weighted by atomic mass is 79.9. The predicted octanol–water partition coefficient (Wildman–Crippen LogP) is 5.16. The molecule has 0 aliphatic rings. The average Bonchev–Trinajstić information content (AvgIpc) is 2.37. The summed E-state index contributed by atoms with van der Waals surface area (Å²) in [4.78, 5) is 11.8. The molecule has 2 aromatic carbocycles. The van der Waals surface area contributed by atoms with Gasteiger partial charge in [0.2, 0.25) is 0 Å². The van der Waals surface area contributed by atoms with Crippen LogP contribution in [0.1, 0.15) is 5.56 Å². The standard InChI is InChI=1S/C14H12Br2N2O/c1-9-12(15)7-11(8-13(9)16)18-14(19)17-10-5-3-2-4-6-10/h2-8H,1H3,(H2,17,18,19). The number of anilines is 2. The number of rotatable bonds is 2. The van der Waals surface area contributed by atoms with Gasteiger partial charge in [-0.15, -0.1) is 0 Å². The minimum atomic E-state index is -0.270. The lowest BCUT2D eigenvalue weighted by Crippen LogP contribution is -2.19. The lowest BCUT2D eigenvalue weighted by Gasteiger charge is -2.10. The number of urea groups is 1. The van der Waals surface area contributed by atoms with Gasteiger partial charge in [0, 0.05) is 20.3 Å². The number of carbonyl (C=O) groups excluding carboxylic acids is 1. The molecule has 98 valence electrons. The maximum Gasteiger partial charge on any atom is 0.323 e. The van der Waals surface area contributed by atoms with E-state index in [1.165, 1.54) is 0 Å². The van der Waals surface area contributed by atoms with E-state index >= 15 is 0 Å². The van der Waals surface area contributed by atoms with Crippen molar-refractivity contribution in [2.75, 3.05) is 10.6 Å². The predicted molar refractivity (Wildman–Crippen MR) is 85.7 cm³/mol. The summed E-state index contributed by atoms with van der Waals surface area (Å²) >= 11 is 6.90. The van der Waals surface area contributed by atoms with Gasteiger partial charge < -0.3 is 10.6 Å². The second kappa shape index (κ2) is 6.21. The van der Waals surface area contributed by atoms with Crippen molar-refractivity contribution >= 4 is 49.3 Å². The normalized spacial score (nSPS) is 10.1. The molecule has 0 saturated carbocycles. The number of hydrogen-bond acceptors (Lipinski definition) is 1. The Hall–Kier alpha value is -1.33. The van der Waals surface area contributed by atoms with Gasteiger partial charge in [-0.25, -0.2) is 4.79 Å². The van der Waals surface area contributed by atoms with E-state index in [0.29, 0.717) is 0 Å². The van der Waals surface area contributed by atoms with Crippen LogP contribution in [0.5, 0.6) is 0 Å². The molecule has 0 atom stereocenters. The molecule has 2 rings (SSSR count). The van der Waals surface area contributed by atoms with E-state index in [2.05, 4.69) is 42.5 Å². The molecule has 2 N–H and O–H groups in total. The Morgan fingerprint density at radius 2 is 1.47 bits per heavy atom. The first-order valence-corrected chi connectivity index (χ1v) is 7.23. The van der Waals surface area contributed by atoms with Gasteiger partial charge in [-0.3, -0.25) is 0 Å². The fraction of sp³-hybridized carbons (Fsp3) is 0.0714. The van der Waals surface area contributed by atoms with Gasteiger partial charge in [0.05, 0.1) is 0 Å². The van der Waals surface area contributed by atoms with Crippen LogP contribution in [0.15, 0.2) is 51.4 Å². The van der Waals surface area contributed by atoms with Crippen LogP contribution in [0, 0.1) is 6.92 Å². The Balaban J connectivity index is 2.07. The van der Waals surface area contributed by atoms with Crippen molar-refractivity contribution in [3.63, 3.8) is 0 Å². The number of halogens is 2. The molecule has 0 aliphatic heterocycles. The quantitative estimate of drug-likeness (QED) is 0.738. The minimum Gasteiger partial charge on any atom is -0.308 e. The third-order valence-electron chi connectivity index (χ3n) is 2.57. The summed E-state index contributed by atoms with van der Waals surface area (Å²) in [6, 6.07) is 12.8. The molecule has 0 heterocycles. The number of benzene rings is 2. The summed E-state index contributed by atoms with van der Waals surface area (Å²) in [6.07, 6.45) is 0. The molecule has 3 nitrogen and oxygen atoms in total. The highest BCUT2D eigenvalue weighted by Crippen LogP contribution is 2.28. The lowest BCUT2D eigenvalue weighted by molar-refractivity contribution is 0.262. The van der Waals surface area contributed by atoms with Crippen LogP contribution in [0.25, 0.3) is 0 Å². The van der Waals surface area contributed by atoms with Crippen LogP contribution in [-0.2, 0) is 0 Å². The molecule has 0 saturated heterocycles. The van der Waals surface area contributed by atoms with Crippen LogP contribution >= 0.6 is 31.9 Å². The van der Waals surface area contributed by atoms with E-state index in [9.17, 15) is 4.79 Å². The van der Waals surface area contributed by atoms with E-state index in [1.54, 1.807) is 0 Å². The highest BCUT2D eigenvalue weighted by Gasteiger charge is 2.06. The monoisotopic (exact) mass is 382 g/mol. The van der Waals surface area contributed by atoms with Crippen LogP contribution in [0.3, 0.4) is 0 Å². The van der Waals surface area contributed by atoms with Crippen molar-refractivity contribution in [2.24, 2.45) is 0 Å². The summed E-state index contributed by atoms with van der Waals surface area (Å²) in [5.41, 5.74) is 2.57. The minimum absolute atomic E-state index is 0.270. The number of carbonyl (C=O) groups is 1. The largest absolute Gasteiger partial charge is 0.323 e. The summed E-state index contributed by atoms with van der Waals surface area (Å²) < 4.78 is 1.88. The van der Waals surface area contributed by atoms with Crippen LogP contribution in [-0.4, -0.2) is 6.03 Å². The molecule has 0 unspecified atom stereocenters. The second-order valence-corrected chi connectivity index (χ2v) is 5.72. The zero-order valence-corrected chi connectivity index (χ0v) is 13.4. The Kier molecular flexibility index (Phi) is 4.61. The zero-order valence-electron chi connectivity index (χ0n) is 10.2. The SMILES string of the molecule is Cc1c(Br)cc(NC(=O)Nc2ccccc2)cc1Br. The average molecular weight is 384 g/mol. The molecule has 19 heavy (non-hydrogen) atoms. The molecule has 2 amide bonds. The maximum absolute atomic E-state index is 11.8. The molecule has 2 aromatic rings. The highest BCUT2D eigenvalue weighted by molar-refractivity contribution is 9.11. The van der Waals surface area contributed by atoms with Gasteiger partial charge in [-0.1, -0.05) is 50.1 Å². The lowest BCUT2D eigenvalue weighted by atomic mass is 10.2. The van der Waals surface area contributed by atoms with Gasteiger partial charge in [0.15, 0.2) is 0 Å². The fourth-order valence-corrected chi connectivity index (χ4v) is 2.72. The summed E-state index contributed by atoms with van der Waals surface area (Å²) in [5.74, 6) is 0. The fourth-order valence-electron chi connectivity index (χ4n) is 1.53. The van der Waals surface area contributed by atoms with Crippen molar-refractivity contribution in [2.45, 2.75) is 6.92 Å². The van der Waals surface area contributed by atoms with E-state index in [4.69, 9.17) is 0 Å². The summed E-state index contributed by atoms with van der Waals surface area (Å²) in [7, 11) is 0. The molecule has 0 radical (unpaired) electrons. The van der Waals surface area contributed by atoms with Gasteiger partial charge in [0.25, 0.3) is 0 Å². The van der Waals surface area contributed by atoms with Gasteiger partial charge in [-0.2, -0.15) is 0 Å². The van der Waals surface area contributed by atoms with E-state index < -0.39 is 0 Å². The van der Waals surface area contributed by atoms with Crippen LogP contribution < -0.4 is 10.6 Å². The van der Waals surface area contributed by atoms with Crippen molar-refractivity contribution in [1.82, 2.24) is 0 Å². The maximum atomic E-state index is 11.8. The molecule has 0 fully saturated rings. The molecule has 5 heteroatoms. The Morgan fingerprint density at radius 3 is 2.05 bits per heavy atom. The van der Waals surface area contributed by atoms with Crippen molar-refractivity contribution in [3.8, 4) is 0 Å². The number of nitrogens with one attached hydrogen (secondary N) is 2. The summed E-state index contributed by atoms with van der Waals surface area (Å²) in [6.45, 7) is 1.99. The molecule has 0 aromatic heterocycles. The smallest absolute Gasteiger partial charge is 0.308 e. The zero-order chi connectivity index (χ0) is 13.8. The molecule has 0 aliphatic carbocycles. The van der Waals surface area contributed by atoms with E-state index in [0.717, 1.165) is 25.9 Å². The molecular weight excluding hydrogens is 372 g/mol. The molecule has 0 spiro atoms. The first-order chi connectivity index (χ1) is 9.06. The van der Waals surface area contributed by atoms with E-state index in [1.807, 2.05) is 49.4 Å². The summed E-state index contributed by atoms with van der Waals surface area (Å²) in [5, 5.41) is 5.55. The van der Waals surface area contributed by atoms with Crippen molar-refractivity contribution < 1.29 is 4.79 Å². The van der Waals surface area contributed by atoms with Crippen molar-refractivity contribution in [1.29, 1.82) is 0 Å². The van der Waals surface area contributed by atoms with Gasteiger partial charge in [0.1, 0.15) is 0 Å². The number of para-hydroxylation sites is 1. The molecule has 0 bridgehead atoms. The Labute approximate surface area is 128 Å². The number of amides is 2.